The number of ether oxygens (including phenoxy) is 1. The summed E-state index contributed by atoms with van der Waals surface area (Å²) in [6.07, 6.45) is 2.87. The minimum absolute atomic E-state index is 0.208. The van der Waals surface area contributed by atoms with Crippen molar-refractivity contribution in [3.8, 4) is 0 Å². The van der Waals surface area contributed by atoms with Crippen LogP contribution < -0.4 is 10.9 Å². The van der Waals surface area contributed by atoms with Crippen LogP contribution in [0.15, 0.2) is 35.5 Å². The van der Waals surface area contributed by atoms with Gasteiger partial charge in [0.1, 0.15) is 22.1 Å². The van der Waals surface area contributed by atoms with E-state index in [0.29, 0.717) is 33.1 Å². The van der Waals surface area contributed by atoms with E-state index in [-0.39, 0.29) is 18.0 Å². The van der Waals surface area contributed by atoms with Gasteiger partial charge >= 0.3 is 5.97 Å². The number of pyridine rings is 1. The predicted molar refractivity (Wildman–Crippen MR) is 107 cm³/mol. The van der Waals surface area contributed by atoms with Gasteiger partial charge in [-0.15, -0.1) is 11.3 Å². The van der Waals surface area contributed by atoms with Gasteiger partial charge < -0.3 is 10.1 Å². The van der Waals surface area contributed by atoms with E-state index in [9.17, 15) is 14.4 Å². The molecule has 3 heterocycles. The van der Waals surface area contributed by atoms with Gasteiger partial charge in [-0.3, -0.25) is 14.2 Å². The maximum absolute atomic E-state index is 12.8. The first-order chi connectivity index (χ1) is 13.4. The van der Waals surface area contributed by atoms with Gasteiger partial charge in [0.2, 0.25) is 5.91 Å². The van der Waals surface area contributed by atoms with Gasteiger partial charge in [0.15, 0.2) is 0 Å². The number of nitrogens with one attached hydrogen (secondary N) is 1. The van der Waals surface area contributed by atoms with Gasteiger partial charge in [0, 0.05) is 6.20 Å². The van der Waals surface area contributed by atoms with Crippen molar-refractivity contribution in [2.75, 3.05) is 11.9 Å². The van der Waals surface area contributed by atoms with Gasteiger partial charge in [-0.05, 0) is 30.5 Å². The molecule has 0 aromatic carbocycles. The van der Waals surface area contributed by atoms with Crippen molar-refractivity contribution < 1.29 is 14.3 Å². The first kappa shape index (κ1) is 19.7. The number of carbonyl (C=O) groups is 2. The first-order valence-corrected chi connectivity index (χ1v) is 9.55. The van der Waals surface area contributed by atoms with E-state index in [1.54, 1.807) is 31.3 Å². The number of fused-ring (bicyclic) bond motifs is 1. The Balaban J connectivity index is 1.84. The summed E-state index contributed by atoms with van der Waals surface area (Å²) in [6, 6.07) is 5.14. The molecule has 0 saturated carbocycles. The fraction of sp³-hybridized carbons (Fsp3) is 0.316. The maximum Gasteiger partial charge on any atom is 0.348 e. The smallest absolute Gasteiger partial charge is 0.348 e. The number of carbonyl (C=O) groups excluding carboxylic acids is 2. The molecule has 146 valence electrons. The average Bonchev–Trinajstić information content (AvgIpc) is 3.00. The Morgan fingerprint density at radius 1 is 1.29 bits per heavy atom. The van der Waals surface area contributed by atoms with Crippen LogP contribution in [0.3, 0.4) is 0 Å². The highest BCUT2D eigenvalue weighted by Gasteiger charge is 2.21. The molecule has 0 bridgehead atoms. The summed E-state index contributed by atoms with van der Waals surface area (Å²) in [4.78, 5) is 46.4. The number of aryl methyl sites for hydroxylation is 1. The summed E-state index contributed by atoms with van der Waals surface area (Å²) in [5.74, 6) is -0.248. The van der Waals surface area contributed by atoms with Crippen molar-refractivity contribution in [2.24, 2.45) is 5.92 Å². The van der Waals surface area contributed by atoms with Crippen molar-refractivity contribution >= 4 is 39.2 Å². The average molecular weight is 400 g/mol. The minimum atomic E-state index is -0.465. The predicted octanol–water partition coefficient (Wildman–Crippen LogP) is 2.61. The van der Waals surface area contributed by atoms with Gasteiger partial charge in [-0.2, -0.15) is 0 Å². The topological polar surface area (TPSA) is 103 Å². The number of rotatable bonds is 6. The third-order valence-corrected chi connectivity index (χ3v) is 5.08. The van der Waals surface area contributed by atoms with Crippen LogP contribution in [0.5, 0.6) is 0 Å². The molecule has 8 nitrogen and oxygen atoms in total. The monoisotopic (exact) mass is 400 g/mol. The quantitative estimate of drug-likeness (QED) is 0.638. The zero-order chi connectivity index (χ0) is 20.3. The van der Waals surface area contributed by atoms with E-state index in [4.69, 9.17) is 4.74 Å². The fourth-order valence-electron chi connectivity index (χ4n) is 2.55. The normalized spacial score (nSPS) is 11.0. The van der Waals surface area contributed by atoms with Crippen molar-refractivity contribution in [1.29, 1.82) is 0 Å². The first-order valence-electron chi connectivity index (χ1n) is 8.73. The van der Waals surface area contributed by atoms with Crippen molar-refractivity contribution in [3.05, 3.63) is 51.5 Å². The highest BCUT2D eigenvalue weighted by Crippen LogP contribution is 2.27. The molecule has 0 radical (unpaired) electrons. The molecule has 3 aromatic heterocycles. The SMILES string of the molecule is Cc1c(C(=O)OCC(C)C)sc2ncn(CC(=O)Nc3ccccn3)c(=O)c12. The van der Waals surface area contributed by atoms with E-state index < -0.39 is 11.9 Å². The van der Waals surface area contributed by atoms with Crippen molar-refractivity contribution in [3.63, 3.8) is 0 Å². The second-order valence-electron chi connectivity index (χ2n) is 6.67. The molecule has 0 fully saturated rings. The molecule has 0 atom stereocenters. The van der Waals surface area contributed by atoms with Crippen LogP contribution >= 0.6 is 11.3 Å². The Bertz CT molecular complexity index is 1070. The number of hydrogen-bond donors (Lipinski definition) is 1. The standard InChI is InChI=1S/C19H20N4O4S/c1-11(2)9-27-19(26)16-12(3)15-17(28-16)21-10-23(18(15)25)8-14(24)22-13-6-4-5-7-20-13/h4-7,10-11H,8-9H2,1-3H3,(H,20,22,24). The molecule has 0 aliphatic carbocycles. The van der Waals surface area contributed by atoms with Crippen LogP contribution in [-0.2, 0) is 16.1 Å². The van der Waals surface area contributed by atoms with Crippen molar-refractivity contribution in [2.45, 2.75) is 27.3 Å². The second-order valence-corrected chi connectivity index (χ2v) is 7.67. The van der Waals surface area contributed by atoms with E-state index >= 15 is 0 Å². The number of hydrogen-bond acceptors (Lipinski definition) is 7. The molecule has 0 unspecified atom stereocenters. The van der Waals surface area contributed by atoms with Gasteiger partial charge in [0.05, 0.1) is 18.3 Å². The highest BCUT2D eigenvalue weighted by molar-refractivity contribution is 7.20. The number of aromatic nitrogens is 3. The number of nitrogens with zero attached hydrogens (tertiary/aromatic N) is 3. The lowest BCUT2D eigenvalue weighted by Crippen LogP contribution is -2.28. The van der Waals surface area contributed by atoms with Gasteiger partial charge in [-0.25, -0.2) is 14.8 Å². The molecule has 3 aromatic rings. The summed E-state index contributed by atoms with van der Waals surface area (Å²) in [7, 11) is 0. The van der Waals surface area contributed by atoms with Crippen LogP contribution in [0.1, 0.15) is 29.1 Å². The number of esters is 1. The van der Waals surface area contributed by atoms with E-state index in [1.807, 2.05) is 13.8 Å². The fourth-order valence-corrected chi connectivity index (χ4v) is 3.58. The summed E-state index contributed by atoms with van der Waals surface area (Å²) in [5, 5.41) is 2.95. The van der Waals surface area contributed by atoms with Crippen LogP contribution in [-0.4, -0.2) is 33.0 Å². The maximum atomic E-state index is 12.8. The Morgan fingerprint density at radius 2 is 2.07 bits per heavy atom. The molecule has 0 spiro atoms. The van der Waals surface area contributed by atoms with Gasteiger partial charge in [-0.1, -0.05) is 19.9 Å². The summed E-state index contributed by atoms with van der Waals surface area (Å²) >= 11 is 1.12. The highest BCUT2D eigenvalue weighted by atomic mass is 32.1. The van der Waals surface area contributed by atoms with E-state index in [2.05, 4.69) is 15.3 Å². The van der Waals surface area contributed by atoms with Crippen LogP contribution in [0.4, 0.5) is 5.82 Å². The molecular formula is C19H20N4O4S. The Morgan fingerprint density at radius 3 is 2.75 bits per heavy atom. The largest absolute Gasteiger partial charge is 0.461 e. The van der Waals surface area contributed by atoms with E-state index in [1.165, 1.54) is 10.9 Å². The third-order valence-electron chi connectivity index (χ3n) is 3.90. The lowest BCUT2D eigenvalue weighted by atomic mass is 10.2. The molecule has 3 rings (SSSR count). The zero-order valence-corrected chi connectivity index (χ0v) is 16.6. The van der Waals surface area contributed by atoms with Crippen LogP contribution in [0.25, 0.3) is 10.2 Å². The molecule has 0 saturated heterocycles. The molecule has 0 aliphatic heterocycles. The number of amides is 1. The molecular weight excluding hydrogens is 380 g/mol. The van der Waals surface area contributed by atoms with Crippen LogP contribution in [0, 0.1) is 12.8 Å². The second kappa shape index (κ2) is 8.30. The van der Waals surface area contributed by atoms with Crippen LogP contribution in [0.2, 0.25) is 0 Å². The van der Waals surface area contributed by atoms with Crippen molar-refractivity contribution in [1.82, 2.24) is 14.5 Å². The molecule has 1 N–H and O–H groups in total. The Labute approximate surface area is 165 Å². The Hall–Kier alpha value is -3.07. The third kappa shape index (κ3) is 4.25. The lowest BCUT2D eigenvalue weighted by molar-refractivity contribution is -0.116. The number of thiophene rings is 1. The minimum Gasteiger partial charge on any atom is -0.461 e. The molecule has 28 heavy (non-hydrogen) atoms. The lowest BCUT2D eigenvalue weighted by Gasteiger charge is -2.07. The summed E-state index contributed by atoms with van der Waals surface area (Å²) < 4.78 is 6.48. The summed E-state index contributed by atoms with van der Waals surface area (Å²) in [6.45, 7) is 5.67. The van der Waals surface area contributed by atoms with E-state index in [0.717, 1.165) is 11.3 Å². The zero-order valence-electron chi connectivity index (χ0n) is 15.8. The molecule has 0 aliphatic rings. The Kier molecular flexibility index (Phi) is 5.84. The number of anilines is 1. The molecule has 1 amide bonds. The van der Waals surface area contributed by atoms with Gasteiger partial charge in [0.25, 0.3) is 5.56 Å². The summed E-state index contributed by atoms with van der Waals surface area (Å²) in [5.41, 5.74) is 0.142. The molecule has 9 heteroatoms.